The minimum absolute atomic E-state index is 0.0283. The molecule has 0 N–H and O–H groups in total. The number of nitrogens with zero attached hydrogens (tertiary/aromatic N) is 5. The van der Waals surface area contributed by atoms with E-state index < -0.39 is 0 Å². The molecule has 1 aliphatic rings. The molecule has 0 radical (unpaired) electrons. The van der Waals surface area contributed by atoms with Crippen LogP contribution in [-0.4, -0.2) is 64.0 Å². The largest absolute Gasteiger partial charge is 0.340 e. The molecule has 1 saturated heterocycles. The van der Waals surface area contributed by atoms with E-state index in [9.17, 15) is 4.79 Å². The minimum Gasteiger partial charge on any atom is -0.340 e. The lowest BCUT2D eigenvalue weighted by atomic mass is 9.96. The van der Waals surface area contributed by atoms with Crippen LogP contribution in [0.1, 0.15) is 23.3 Å². The van der Waals surface area contributed by atoms with Crippen molar-refractivity contribution in [3.05, 3.63) is 30.2 Å². The second kappa shape index (κ2) is 5.81. The van der Waals surface area contributed by atoms with E-state index >= 15 is 0 Å². The van der Waals surface area contributed by atoms with Gasteiger partial charge in [-0.05, 0) is 45.0 Å². The topological polar surface area (TPSA) is 53.7 Å². The summed E-state index contributed by atoms with van der Waals surface area (Å²) in [5.41, 5.74) is 1.16. The Hall–Kier alpha value is -1.95. The molecule has 3 heterocycles. The molecule has 0 atom stereocenters. The summed E-state index contributed by atoms with van der Waals surface area (Å²) >= 11 is 0. The zero-order chi connectivity index (χ0) is 14.8. The minimum atomic E-state index is -0.0283. The van der Waals surface area contributed by atoms with Gasteiger partial charge in [-0.25, -0.2) is 9.50 Å². The summed E-state index contributed by atoms with van der Waals surface area (Å²) in [6.45, 7) is 3.03. The fourth-order valence-corrected chi connectivity index (χ4v) is 2.85. The third kappa shape index (κ3) is 3.05. The van der Waals surface area contributed by atoms with Crippen molar-refractivity contribution in [2.24, 2.45) is 5.92 Å². The molecule has 6 nitrogen and oxygen atoms in total. The number of likely N-dealkylation sites (tertiary alicyclic amines) is 1. The van der Waals surface area contributed by atoms with Gasteiger partial charge in [-0.2, -0.15) is 5.10 Å². The van der Waals surface area contributed by atoms with Crippen LogP contribution in [0.15, 0.2) is 24.5 Å². The van der Waals surface area contributed by atoms with Gasteiger partial charge in [0.2, 0.25) is 0 Å². The molecule has 2 aromatic rings. The molecule has 1 amide bonds. The first-order valence-corrected chi connectivity index (χ1v) is 7.38. The van der Waals surface area contributed by atoms with Crippen molar-refractivity contribution in [2.45, 2.75) is 12.8 Å². The van der Waals surface area contributed by atoms with Crippen LogP contribution in [0.2, 0.25) is 0 Å². The third-order valence-corrected chi connectivity index (χ3v) is 4.17. The molecule has 3 rings (SSSR count). The monoisotopic (exact) mass is 287 g/mol. The van der Waals surface area contributed by atoms with Crippen molar-refractivity contribution in [3.63, 3.8) is 0 Å². The van der Waals surface area contributed by atoms with E-state index in [-0.39, 0.29) is 5.91 Å². The Balaban J connectivity index is 1.66. The van der Waals surface area contributed by atoms with Crippen LogP contribution in [-0.2, 0) is 0 Å². The smallest absolute Gasteiger partial charge is 0.274 e. The Morgan fingerprint density at radius 1 is 1.43 bits per heavy atom. The summed E-state index contributed by atoms with van der Waals surface area (Å²) < 4.78 is 1.64. The van der Waals surface area contributed by atoms with Crippen LogP contribution in [0.4, 0.5) is 0 Å². The standard InChI is InChI=1S/C15H21N5O/c1-18-8-4-12(5-9-18)11-19(2)15(21)13-10-14-16-6-3-7-20(14)17-13/h3,6-7,10,12H,4-5,8-9,11H2,1-2H3. The van der Waals surface area contributed by atoms with Gasteiger partial charge in [0.15, 0.2) is 11.3 Å². The molecule has 21 heavy (non-hydrogen) atoms. The molecule has 2 aromatic heterocycles. The second-order valence-corrected chi connectivity index (χ2v) is 5.88. The number of amides is 1. The molecule has 0 aromatic carbocycles. The summed E-state index contributed by atoms with van der Waals surface area (Å²) in [5.74, 6) is 0.560. The number of piperidine rings is 1. The van der Waals surface area contributed by atoms with E-state index in [0.717, 1.165) is 32.5 Å². The van der Waals surface area contributed by atoms with Gasteiger partial charge in [0.1, 0.15) is 0 Å². The highest BCUT2D eigenvalue weighted by atomic mass is 16.2. The van der Waals surface area contributed by atoms with Crippen molar-refractivity contribution in [3.8, 4) is 0 Å². The normalized spacial score (nSPS) is 17.2. The Bertz CT molecular complexity index is 597. The Morgan fingerprint density at radius 3 is 2.90 bits per heavy atom. The highest BCUT2D eigenvalue weighted by Gasteiger charge is 2.22. The molecule has 0 unspecified atom stereocenters. The van der Waals surface area contributed by atoms with Crippen molar-refractivity contribution in [2.75, 3.05) is 33.7 Å². The average molecular weight is 287 g/mol. The molecule has 0 spiro atoms. The van der Waals surface area contributed by atoms with E-state index in [4.69, 9.17) is 0 Å². The van der Waals surface area contributed by atoms with E-state index in [2.05, 4.69) is 22.0 Å². The molecule has 6 heteroatoms. The number of carbonyl (C=O) groups excluding carboxylic acids is 1. The van der Waals surface area contributed by atoms with Crippen molar-refractivity contribution in [1.29, 1.82) is 0 Å². The predicted octanol–water partition coefficient (Wildman–Crippen LogP) is 1.14. The number of hydrogen-bond acceptors (Lipinski definition) is 4. The van der Waals surface area contributed by atoms with Gasteiger partial charge < -0.3 is 9.80 Å². The Kier molecular flexibility index (Phi) is 3.88. The summed E-state index contributed by atoms with van der Waals surface area (Å²) in [5, 5.41) is 4.29. The van der Waals surface area contributed by atoms with Gasteiger partial charge in [-0.15, -0.1) is 0 Å². The van der Waals surface area contributed by atoms with Gasteiger partial charge in [0, 0.05) is 32.1 Å². The second-order valence-electron chi connectivity index (χ2n) is 5.88. The Morgan fingerprint density at radius 2 is 2.19 bits per heavy atom. The van der Waals surface area contributed by atoms with Gasteiger partial charge in [0.05, 0.1) is 0 Å². The fraction of sp³-hybridized carbons (Fsp3) is 0.533. The summed E-state index contributed by atoms with van der Waals surface area (Å²) in [7, 11) is 4.01. The zero-order valence-electron chi connectivity index (χ0n) is 12.6. The van der Waals surface area contributed by atoms with Crippen LogP contribution in [0, 0.1) is 5.92 Å². The maximum absolute atomic E-state index is 12.5. The van der Waals surface area contributed by atoms with Crippen molar-refractivity contribution in [1.82, 2.24) is 24.4 Å². The predicted molar refractivity (Wildman–Crippen MR) is 80.2 cm³/mol. The number of hydrogen-bond donors (Lipinski definition) is 0. The number of aromatic nitrogens is 3. The molecular weight excluding hydrogens is 266 g/mol. The fourth-order valence-electron chi connectivity index (χ4n) is 2.85. The van der Waals surface area contributed by atoms with E-state index in [1.807, 2.05) is 7.05 Å². The lowest BCUT2D eigenvalue weighted by Crippen LogP contribution is -2.38. The van der Waals surface area contributed by atoms with Crippen LogP contribution in [0.25, 0.3) is 5.65 Å². The van der Waals surface area contributed by atoms with E-state index in [1.165, 1.54) is 0 Å². The SMILES string of the molecule is CN1CCC(CN(C)C(=O)c2cc3ncccn3n2)CC1. The highest BCUT2D eigenvalue weighted by Crippen LogP contribution is 2.17. The van der Waals surface area contributed by atoms with Crippen LogP contribution in [0.5, 0.6) is 0 Å². The first kappa shape index (κ1) is 14.0. The van der Waals surface area contributed by atoms with Gasteiger partial charge in [0.25, 0.3) is 5.91 Å². The van der Waals surface area contributed by atoms with Crippen LogP contribution >= 0.6 is 0 Å². The van der Waals surface area contributed by atoms with Gasteiger partial charge >= 0.3 is 0 Å². The summed E-state index contributed by atoms with van der Waals surface area (Å²) in [4.78, 5) is 20.8. The molecule has 0 aliphatic carbocycles. The summed E-state index contributed by atoms with van der Waals surface area (Å²) in [6, 6.07) is 3.55. The van der Waals surface area contributed by atoms with Crippen molar-refractivity contribution >= 4 is 11.6 Å². The Labute approximate surface area is 124 Å². The zero-order valence-corrected chi connectivity index (χ0v) is 12.6. The molecule has 0 bridgehead atoms. The molecular formula is C15H21N5O. The van der Waals surface area contributed by atoms with Crippen LogP contribution in [0.3, 0.4) is 0 Å². The first-order valence-electron chi connectivity index (χ1n) is 7.38. The quantitative estimate of drug-likeness (QED) is 0.849. The maximum atomic E-state index is 12.5. The van der Waals surface area contributed by atoms with Gasteiger partial charge in [-0.1, -0.05) is 0 Å². The average Bonchev–Trinajstić information content (AvgIpc) is 2.92. The van der Waals surface area contributed by atoms with Crippen LogP contribution < -0.4 is 0 Å². The molecule has 1 aliphatic heterocycles. The summed E-state index contributed by atoms with van der Waals surface area (Å²) in [6.07, 6.45) is 5.81. The lowest BCUT2D eigenvalue weighted by molar-refractivity contribution is 0.0741. The van der Waals surface area contributed by atoms with E-state index in [1.54, 1.807) is 33.9 Å². The van der Waals surface area contributed by atoms with Gasteiger partial charge in [-0.3, -0.25) is 4.79 Å². The molecule has 1 fully saturated rings. The third-order valence-electron chi connectivity index (χ3n) is 4.17. The maximum Gasteiger partial charge on any atom is 0.274 e. The first-order chi connectivity index (χ1) is 10.1. The van der Waals surface area contributed by atoms with E-state index in [0.29, 0.717) is 17.3 Å². The van der Waals surface area contributed by atoms with Crippen molar-refractivity contribution < 1.29 is 4.79 Å². The number of fused-ring (bicyclic) bond motifs is 1. The highest BCUT2D eigenvalue weighted by molar-refractivity contribution is 5.93. The lowest BCUT2D eigenvalue weighted by Gasteiger charge is -2.31. The molecule has 0 saturated carbocycles. The number of rotatable bonds is 3. The number of carbonyl (C=O) groups is 1. The molecule has 112 valence electrons.